The Morgan fingerprint density at radius 2 is 2.23 bits per heavy atom. The van der Waals surface area contributed by atoms with Crippen molar-refractivity contribution in [1.82, 2.24) is 25.1 Å². The maximum Gasteiger partial charge on any atom is 0.271 e. The van der Waals surface area contributed by atoms with Gasteiger partial charge in [-0.3, -0.25) is 9.48 Å². The van der Waals surface area contributed by atoms with Crippen molar-refractivity contribution in [3.05, 3.63) is 35.0 Å². The summed E-state index contributed by atoms with van der Waals surface area (Å²) >= 11 is 1.22. The number of carbonyl (C=O) groups excluding carboxylic acids is 1. The molecule has 3 N–H and O–H groups in total. The van der Waals surface area contributed by atoms with E-state index in [0.29, 0.717) is 5.69 Å². The molecule has 1 fully saturated rings. The molecule has 142 valence electrons. The van der Waals surface area contributed by atoms with Gasteiger partial charge in [0.1, 0.15) is 9.90 Å². The fraction of sp³-hybridized carbons (Fsp3) is 0.500. The minimum absolute atomic E-state index is 0.123. The SMILES string of the molecule is Cc1ccc(S(=O)(=O)NCCNC(=O)c2ccn(C3CCCNC3)n2)s1. The largest absolute Gasteiger partial charge is 0.349 e. The monoisotopic (exact) mass is 397 g/mol. The Labute approximate surface area is 157 Å². The quantitative estimate of drug-likeness (QED) is 0.602. The van der Waals surface area contributed by atoms with E-state index in [1.54, 1.807) is 18.2 Å². The van der Waals surface area contributed by atoms with E-state index in [4.69, 9.17) is 0 Å². The van der Waals surface area contributed by atoms with Crippen LogP contribution in [0.1, 0.15) is 34.2 Å². The number of rotatable bonds is 7. The third-order valence-corrected chi connectivity index (χ3v) is 7.12. The van der Waals surface area contributed by atoms with Crippen LogP contribution in [0.2, 0.25) is 0 Å². The highest BCUT2D eigenvalue weighted by Crippen LogP contribution is 2.20. The molecule has 0 spiro atoms. The molecule has 1 aliphatic heterocycles. The number of piperidine rings is 1. The second-order valence-electron chi connectivity index (χ2n) is 6.20. The van der Waals surface area contributed by atoms with Crippen LogP contribution < -0.4 is 15.4 Å². The lowest BCUT2D eigenvalue weighted by Gasteiger charge is -2.22. The van der Waals surface area contributed by atoms with Crippen molar-refractivity contribution in [2.24, 2.45) is 0 Å². The number of aryl methyl sites for hydroxylation is 1. The van der Waals surface area contributed by atoms with Crippen LogP contribution in [-0.4, -0.2) is 50.3 Å². The minimum Gasteiger partial charge on any atom is -0.349 e. The van der Waals surface area contributed by atoms with Crippen LogP contribution in [0.3, 0.4) is 0 Å². The summed E-state index contributed by atoms with van der Waals surface area (Å²) in [5, 5.41) is 10.3. The summed E-state index contributed by atoms with van der Waals surface area (Å²) < 4.78 is 28.8. The molecule has 0 saturated carbocycles. The molecule has 0 bridgehead atoms. The number of amides is 1. The zero-order valence-corrected chi connectivity index (χ0v) is 16.2. The summed E-state index contributed by atoms with van der Waals surface area (Å²) in [7, 11) is -3.52. The average Bonchev–Trinajstić information content (AvgIpc) is 3.29. The lowest BCUT2D eigenvalue weighted by Crippen LogP contribution is -2.35. The van der Waals surface area contributed by atoms with Gasteiger partial charge in [0.05, 0.1) is 6.04 Å². The number of hydrogen-bond donors (Lipinski definition) is 3. The van der Waals surface area contributed by atoms with Crippen molar-refractivity contribution in [3.8, 4) is 0 Å². The molecule has 0 aliphatic carbocycles. The van der Waals surface area contributed by atoms with E-state index in [2.05, 4.69) is 20.5 Å². The minimum atomic E-state index is -3.52. The van der Waals surface area contributed by atoms with Gasteiger partial charge in [-0.15, -0.1) is 11.3 Å². The Balaban J connectivity index is 1.46. The molecule has 1 atom stereocenters. The van der Waals surface area contributed by atoms with E-state index >= 15 is 0 Å². The third-order valence-electron chi connectivity index (χ3n) is 4.17. The van der Waals surface area contributed by atoms with Gasteiger partial charge in [-0.25, -0.2) is 13.1 Å². The van der Waals surface area contributed by atoms with Crippen molar-refractivity contribution in [1.29, 1.82) is 0 Å². The number of carbonyl (C=O) groups is 1. The molecule has 1 unspecified atom stereocenters. The number of nitrogens with zero attached hydrogens (tertiary/aromatic N) is 2. The van der Waals surface area contributed by atoms with Crippen molar-refractivity contribution in [2.75, 3.05) is 26.2 Å². The summed E-state index contributed by atoms with van der Waals surface area (Å²) in [4.78, 5) is 13.1. The number of sulfonamides is 1. The highest BCUT2D eigenvalue weighted by Gasteiger charge is 2.18. The van der Waals surface area contributed by atoms with Crippen LogP contribution in [0.5, 0.6) is 0 Å². The van der Waals surface area contributed by atoms with Gasteiger partial charge < -0.3 is 10.6 Å². The first-order valence-electron chi connectivity index (χ1n) is 8.56. The average molecular weight is 398 g/mol. The zero-order chi connectivity index (χ0) is 18.6. The van der Waals surface area contributed by atoms with Crippen LogP contribution in [0.15, 0.2) is 28.6 Å². The van der Waals surface area contributed by atoms with Gasteiger partial charge in [0.2, 0.25) is 10.0 Å². The third kappa shape index (κ3) is 4.70. The van der Waals surface area contributed by atoms with Gasteiger partial charge >= 0.3 is 0 Å². The fourth-order valence-electron chi connectivity index (χ4n) is 2.80. The van der Waals surface area contributed by atoms with Crippen LogP contribution >= 0.6 is 11.3 Å². The van der Waals surface area contributed by atoms with E-state index in [1.165, 1.54) is 11.3 Å². The normalized spacial score (nSPS) is 18.0. The van der Waals surface area contributed by atoms with Gasteiger partial charge in [-0.1, -0.05) is 0 Å². The molecule has 0 radical (unpaired) electrons. The van der Waals surface area contributed by atoms with Crippen molar-refractivity contribution >= 4 is 27.3 Å². The number of aromatic nitrogens is 2. The Kier molecular flexibility index (Phi) is 6.07. The van der Waals surface area contributed by atoms with Crippen LogP contribution in [0.4, 0.5) is 0 Å². The molecular formula is C16H23N5O3S2. The number of thiophene rings is 1. The fourth-order valence-corrected chi connectivity index (χ4v) is 5.16. The Hall–Kier alpha value is -1.75. The molecule has 26 heavy (non-hydrogen) atoms. The van der Waals surface area contributed by atoms with E-state index in [0.717, 1.165) is 30.8 Å². The molecule has 10 heteroatoms. The topological polar surface area (TPSA) is 105 Å². The van der Waals surface area contributed by atoms with Crippen LogP contribution in [-0.2, 0) is 10.0 Å². The Bertz CT molecular complexity index is 853. The number of hydrogen-bond acceptors (Lipinski definition) is 6. The van der Waals surface area contributed by atoms with E-state index < -0.39 is 10.0 Å². The molecule has 1 saturated heterocycles. The molecule has 0 aromatic carbocycles. The summed E-state index contributed by atoms with van der Waals surface area (Å²) in [6.07, 6.45) is 3.95. The predicted molar refractivity (Wildman–Crippen MR) is 99.9 cm³/mol. The first kappa shape index (κ1) is 19.0. The van der Waals surface area contributed by atoms with E-state index in [-0.39, 0.29) is 29.2 Å². The maximum atomic E-state index is 12.2. The van der Waals surface area contributed by atoms with Gasteiger partial charge in [0, 0.05) is 30.7 Å². The van der Waals surface area contributed by atoms with Gasteiger partial charge in [-0.2, -0.15) is 5.10 Å². The van der Waals surface area contributed by atoms with E-state index in [9.17, 15) is 13.2 Å². The molecule has 1 amide bonds. The Morgan fingerprint density at radius 3 is 2.92 bits per heavy atom. The van der Waals surface area contributed by atoms with Crippen molar-refractivity contribution < 1.29 is 13.2 Å². The van der Waals surface area contributed by atoms with Gasteiger partial charge in [0.25, 0.3) is 5.91 Å². The lowest BCUT2D eigenvalue weighted by molar-refractivity contribution is 0.0948. The molecule has 3 rings (SSSR count). The first-order chi connectivity index (χ1) is 12.5. The summed E-state index contributed by atoms with van der Waals surface area (Å²) in [6.45, 7) is 4.05. The Morgan fingerprint density at radius 1 is 1.38 bits per heavy atom. The molecule has 8 nitrogen and oxygen atoms in total. The van der Waals surface area contributed by atoms with Gasteiger partial charge in [-0.05, 0) is 44.5 Å². The second kappa shape index (κ2) is 8.30. The molecule has 2 aromatic heterocycles. The lowest BCUT2D eigenvalue weighted by atomic mass is 10.1. The predicted octanol–water partition coefficient (Wildman–Crippen LogP) is 0.886. The highest BCUT2D eigenvalue weighted by atomic mass is 32.2. The maximum absolute atomic E-state index is 12.2. The molecule has 3 heterocycles. The highest BCUT2D eigenvalue weighted by molar-refractivity contribution is 7.91. The standard InChI is InChI=1S/C16H23N5O3S2/c1-12-4-5-15(25-12)26(23,24)19-9-8-18-16(22)14-6-10-21(20-14)13-3-2-7-17-11-13/h4-6,10,13,17,19H,2-3,7-9,11H2,1H3,(H,18,22). The smallest absolute Gasteiger partial charge is 0.271 e. The zero-order valence-electron chi connectivity index (χ0n) is 14.6. The second-order valence-corrected chi connectivity index (χ2v) is 9.48. The van der Waals surface area contributed by atoms with Crippen molar-refractivity contribution in [2.45, 2.75) is 30.0 Å². The van der Waals surface area contributed by atoms with Crippen LogP contribution in [0.25, 0.3) is 0 Å². The van der Waals surface area contributed by atoms with Crippen molar-refractivity contribution in [3.63, 3.8) is 0 Å². The summed E-state index contributed by atoms with van der Waals surface area (Å²) in [5.41, 5.74) is 0.340. The molecule has 1 aliphatic rings. The number of nitrogens with one attached hydrogen (secondary N) is 3. The molecular weight excluding hydrogens is 374 g/mol. The summed E-state index contributed by atoms with van der Waals surface area (Å²) in [5.74, 6) is -0.307. The van der Waals surface area contributed by atoms with Crippen LogP contribution in [0, 0.1) is 6.92 Å². The van der Waals surface area contributed by atoms with E-state index in [1.807, 2.05) is 17.8 Å². The first-order valence-corrected chi connectivity index (χ1v) is 10.9. The summed E-state index contributed by atoms with van der Waals surface area (Å²) in [6, 6.07) is 5.29. The van der Waals surface area contributed by atoms with Gasteiger partial charge in [0.15, 0.2) is 0 Å². The molecule has 2 aromatic rings.